The maximum atomic E-state index is 14.0. The molecule has 16 heteroatoms. The van der Waals surface area contributed by atoms with E-state index in [1.165, 1.54) is 21.9 Å². The van der Waals surface area contributed by atoms with Crippen molar-refractivity contribution in [1.29, 1.82) is 0 Å². The number of methoxy groups -OCH3 is 1. The number of fused-ring (bicyclic) bond motifs is 1. The Balaban J connectivity index is 1.32. The monoisotopic (exact) mass is 684 g/mol. The van der Waals surface area contributed by atoms with Crippen LogP contribution in [-0.4, -0.2) is 77.9 Å². The fourth-order valence-corrected chi connectivity index (χ4v) is 6.36. The lowest BCUT2D eigenvalue weighted by atomic mass is 9.93. The van der Waals surface area contributed by atoms with Gasteiger partial charge in [0, 0.05) is 41.7 Å². The van der Waals surface area contributed by atoms with Crippen LogP contribution in [0.15, 0.2) is 52.8 Å². The number of benzene rings is 1. The van der Waals surface area contributed by atoms with Gasteiger partial charge in [-0.25, -0.2) is 19.4 Å². The van der Waals surface area contributed by atoms with Crippen LogP contribution in [0.4, 0.5) is 15.7 Å². The van der Waals surface area contributed by atoms with E-state index in [9.17, 15) is 19.5 Å². The van der Waals surface area contributed by atoms with Crippen molar-refractivity contribution in [2.75, 3.05) is 30.4 Å². The Morgan fingerprint density at radius 3 is 2.53 bits per heavy atom. The van der Waals surface area contributed by atoms with Crippen molar-refractivity contribution >= 4 is 52.1 Å². The molecule has 1 fully saturated rings. The molecule has 3 N–H and O–H groups in total. The van der Waals surface area contributed by atoms with Crippen LogP contribution in [0.1, 0.15) is 66.6 Å². The van der Waals surface area contributed by atoms with Crippen molar-refractivity contribution < 1.29 is 19.4 Å². The molecule has 0 unspecified atom stereocenters. The molecule has 0 atom stereocenters. The molecule has 1 aromatic carbocycles. The van der Waals surface area contributed by atoms with Gasteiger partial charge in [0.05, 0.1) is 24.9 Å². The van der Waals surface area contributed by atoms with E-state index in [0.29, 0.717) is 60.4 Å². The number of tetrazole rings is 1. The van der Waals surface area contributed by atoms with Crippen molar-refractivity contribution in [2.45, 2.75) is 51.6 Å². The van der Waals surface area contributed by atoms with Crippen molar-refractivity contribution in [3.05, 3.63) is 86.5 Å². The van der Waals surface area contributed by atoms with E-state index >= 15 is 0 Å². The number of thiazole rings is 1. The number of carbonyl (C=O) groups excluding carboxylic acids is 1. The molecular formula is C33H36N10O5S. The van der Waals surface area contributed by atoms with Gasteiger partial charge < -0.3 is 20.1 Å². The van der Waals surface area contributed by atoms with E-state index in [1.54, 1.807) is 36.1 Å². The largest absolute Gasteiger partial charge is 0.497 e. The van der Waals surface area contributed by atoms with Crippen LogP contribution >= 0.6 is 11.3 Å². The molecule has 5 heterocycles. The molecular weight excluding hydrogens is 648 g/mol. The average Bonchev–Trinajstić information content (AvgIpc) is 3.74. The Bertz CT molecular complexity index is 2070. The Labute approximate surface area is 285 Å². The highest BCUT2D eigenvalue weighted by Gasteiger charge is 2.25. The number of carbonyl (C=O) groups is 2. The van der Waals surface area contributed by atoms with Gasteiger partial charge >= 0.3 is 6.09 Å². The summed E-state index contributed by atoms with van der Waals surface area (Å²) >= 11 is 1.35. The number of nitrogens with one attached hydrogen (secondary N) is 2. The van der Waals surface area contributed by atoms with Gasteiger partial charge in [0.25, 0.3) is 11.5 Å². The summed E-state index contributed by atoms with van der Waals surface area (Å²) in [5.74, 6) is 1.21. The maximum absolute atomic E-state index is 14.0. The van der Waals surface area contributed by atoms with E-state index in [1.807, 2.05) is 34.5 Å². The molecule has 5 aromatic rings. The first kappa shape index (κ1) is 33.3. The molecule has 4 aromatic heterocycles. The van der Waals surface area contributed by atoms with Crippen molar-refractivity contribution in [2.24, 2.45) is 0 Å². The first-order valence-corrected chi connectivity index (χ1v) is 16.5. The number of pyridine rings is 1. The highest BCUT2D eigenvalue weighted by Crippen LogP contribution is 2.27. The number of amides is 2. The van der Waals surface area contributed by atoms with Crippen LogP contribution in [-0.2, 0) is 12.0 Å². The molecule has 1 aliphatic rings. The Morgan fingerprint density at radius 1 is 1.10 bits per heavy atom. The van der Waals surface area contributed by atoms with Crippen LogP contribution in [0, 0.1) is 0 Å². The molecule has 0 radical (unpaired) electrons. The third kappa shape index (κ3) is 7.59. The highest BCUT2D eigenvalue weighted by molar-refractivity contribution is 7.14. The zero-order valence-corrected chi connectivity index (χ0v) is 28.3. The Kier molecular flexibility index (Phi) is 9.40. The summed E-state index contributed by atoms with van der Waals surface area (Å²) in [6, 6.07) is 10.5. The lowest BCUT2D eigenvalue weighted by molar-refractivity contribution is 0.102. The summed E-state index contributed by atoms with van der Waals surface area (Å²) in [5, 5.41) is 29.1. The number of rotatable bonds is 9. The summed E-state index contributed by atoms with van der Waals surface area (Å²) in [4.78, 5) is 49.9. The predicted octanol–water partition coefficient (Wildman–Crippen LogP) is 4.15. The van der Waals surface area contributed by atoms with Crippen LogP contribution in [0.5, 0.6) is 5.75 Å². The minimum atomic E-state index is -1.07. The minimum Gasteiger partial charge on any atom is -0.497 e. The van der Waals surface area contributed by atoms with Crippen LogP contribution < -0.4 is 25.8 Å². The van der Waals surface area contributed by atoms with Gasteiger partial charge in [0.15, 0.2) is 11.0 Å². The zero-order chi connectivity index (χ0) is 34.7. The van der Waals surface area contributed by atoms with Gasteiger partial charge in [0.1, 0.15) is 17.2 Å². The van der Waals surface area contributed by atoms with E-state index < -0.39 is 6.09 Å². The first-order chi connectivity index (χ1) is 23.5. The molecule has 0 bridgehead atoms. The van der Waals surface area contributed by atoms with E-state index in [4.69, 9.17) is 9.72 Å². The van der Waals surface area contributed by atoms with Gasteiger partial charge in [-0.3, -0.25) is 19.3 Å². The highest BCUT2D eigenvalue weighted by atomic mass is 32.1. The molecule has 15 nitrogen and oxygen atoms in total. The number of nitrogens with zero attached hydrogens (tertiary/aromatic N) is 8. The number of aromatic nitrogens is 7. The number of carboxylic acid groups (broad SMARTS) is 1. The molecule has 0 spiro atoms. The van der Waals surface area contributed by atoms with Crippen LogP contribution in [0.2, 0.25) is 0 Å². The lowest BCUT2D eigenvalue weighted by Crippen LogP contribution is -2.45. The van der Waals surface area contributed by atoms with Gasteiger partial charge in [-0.1, -0.05) is 32.9 Å². The standard InChI is InChI=1S/C33H36N10O5S/c1-33(2,3)25-19-49-31(35-25)37-29(44)21-11-16-42-27(17-21)36-28(41-14-12-22(13-15-41)34-32(46)47)24(30(42)45)9-10-26-38-39-40-43(26)18-20-5-7-23(48-4)8-6-20/h5-11,16-17,19,22,34H,12-15,18H2,1-4H3,(H,46,47)(H,35,37,44)/b10-9+. The number of anilines is 2. The second-order valence-electron chi connectivity index (χ2n) is 12.6. The minimum absolute atomic E-state index is 0.156. The van der Waals surface area contributed by atoms with Crippen LogP contribution in [0.25, 0.3) is 17.8 Å². The number of ether oxygens (including phenoxy) is 1. The fourth-order valence-electron chi connectivity index (χ4n) is 5.43. The molecule has 1 saturated heterocycles. The second-order valence-corrected chi connectivity index (χ2v) is 13.5. The fraction of sp³-hybridized carbons (Fsp3) is 0.333. The number of piperidine rings is 1. The lowest BCUT2D eigenvalue weighted by Gasteiger charge is -2.33. The average molecular weight is 685 g/mol. The van der Waals surface area contributed by atoms with Crippen LogP contribution in [0.3, 0.4) is 0 Å². The zero-order valence-electron chi connectivity index (χ0n) is 27.5. The summed E-state index contributed by atoms with van der Waals surface area (Å²) < 4.78 is 8.25. The number of hydrogen-bond donors (Lipinski definition) is 3. The Morgan fingerprint density at radius 2 is 1.86 bits per heavy atom. The van der Waals surface area contributed by atoms with Crippen molar-refractivity contribution in [3.63, 3.8) is 0 Å². The molecule has 49 heavy (non-hydrogen) atoms. The summed E-state index contributed by atoms with van der Waals surface area (Å²) in [6.45, 7) is 7.48. The SMILES string of the molecule is COc1ccc(Cn2nnnc2/C=C/c2c(N3CCC(NC(=O)O)CC3)nc3cc(C(=O)Nc4nc(C(C)(C)C)cs4)ccn3c2=O)cc1. The maximum Gasteiger partial charge on any atom is 0.404 e. The molecule has 1 aliphatic heterocycles. The predicted molar refractivity (Wildman–Crippen MR) is 185 cm³/mol. The Hall–Kier alpha value is -5.64. The normalized spacial score (nSPS) is 14.0. The smallest absolute Gasteiger partial charge is 0.404 e. The van der Waals surface area contributed by atoms with E-state index in [0.717, 1.165) is 17.0 Å². The first-order valence-electron chi connectivity index (χ1n) is 15.6. The van der Waals surface area contributed by atoms with Gasteiger partial charge in [-0.15, -0.1) is 16.4 Å². The quantitative estimate of drug-likeness (QED) is 0.203. The second kappa shape index (κ2) is 13.8. The summed E-state index contributed by atoms with van der Waals surface area (Å²) in [5.41, 5.74) is 2.23. The van der Waals surface area contributed by atoms with E-state index in [2.05, 4.69) is 51.9 Å². The number of hydrogen-bond acceptors (Lipinski definition) is 11. The van der Waals surface area contributed by atoms with Gasteiger partial charge in [-0.05, 0) is 65.2 Å². The third-order valence-corrected chi connectivity index (χ3v) is 8.93. The topological polar surface area (TPSA) is 182 Å². The van der Waals surface area contributed by atoms with Gasteiger partial charge in [-0.2, -0.15) is 0 Å². The van der Waals surface area contributed by atoms with Crippen molar-refractivity contribution in [1.82, 2.24) is 39.9 Å². The molecule has 254 valence electrons. The molecule has 2 amide bonds. The third-order valence-electron chi connectivity index (χ3n) is 8.17. The molecule has 0 saturated carbocycles. The van der Waals surface area contributed by atoms with Crippen molar-refractivity contribution in [3.8, 4) is 5.75 Å². The van der Waals surface area contributed by atoms with Gasteiger partial charge in [0.2, 0.25) is 0 Å². The summed E-state index contributed by atoms with van der Waals surface area (Å²) in [6.07, 6.45) is 4.82. The van der Waals surface area contributed by atoms with E-state index in [-0.39, 0.29) is 28.6 Å². The summed E-state index contributed by atoms with van der Waals surface area (Å²) in [7, 11) is 1.61. The molecule has 0 aliphatic carbocycles. The molecule has 6 rings (SSSR count).